The molecule has 2 rings (SSSR count). The van der Waals surface area contributed by atoms with Crippen LogP contribution in [0.4, 0.5) is 11.4 Å². The van der Waals surface area contributed by atoms with Crippen molar-refractivity contribution in [3.63, 3.8) is 0 Å². The summed E-state index contributed by atoms with van der Waals surface area (Å²) in [6.45, 7) is 2.91. The molecule has 0 aliphatic heterocycles. The number of anilines is 1. The molecule has 0 saturated heterocycles. The predicted molar refractivity (Wildman–Crippen MR) is 101 cm³/mol. The molecule has 2 aromatic rings. The Balaban J connectivity index is 2.18. The predicted octanol–water partition coefficient (Wildman–Crippen LogP) is 3.22. The van der Waals surface area contributed by atoms with Crippen LogP contribution in [-0.4, -0.2) is 36.9 Å². The number of Topliss-reactive ketones (excluding diaryl/α,β-unsaturated/α-hetero) is 1. The number of hydrogen-bond acceptors (Lipinski definition) is 7. The van der Waals surface area contributed by atoms with Crippen LogP contribution in [0.3, 0.4) is 0 Å². The molecule has 0 radical (unpaired) electrons. The number of nitro benzene ring substituents is 1. The summed E-state index contributed by atoms with van der Waals surface area (Å²) < 4.78 is 15.8. The fourth-order valence-electron chi connectivity index (χ4n) is 2.36. The summed E-state index contributed by atoms with van der Waals surface area (Å²) in [6.07, 6.45) is -0.987. The largest absolute Gasteiger partial charge is 0.496 e. The van der Waals surface area contributed by atoms with Crippen molar-refractivity contribution in [2.24, 2.45) is 0 Å². The Morgan fingerprint density at radius 1 is 1.07 bits per heavy atom. The first kappa shape index (κ1) is 20.7. The fourth-order valence-corrected chi connectivity index (χ4v) is 2.36. The first-order chi connectivity index (χ1) is 13.3. The van der Waals surface area contributed by atoms with E-state index in [1.54, 1.807) is 6.07 Å². The van der Waals surface area contributed by atoms with Gasteiger partial charge >= 0.3 is 0 Å². The molecule has 0 unspecified atom stereocenters. The van der Waals surface area contributed by atoms with Gasteiger partial charge < -0.3 is 19.5 Å². The van der Waals surface area contributed by atoms with E-state index in [1.807, 2.05) is 0 Å². The highest BCUT2D eigenvalue weighted by atomic mass is 16.6. The molecule has 0 bridgehead atoms. The third kappa shape index (κ3) is 4.76. The van der Waals surface area contributed by atoms with Crippen molar-refractivity contribution in [3.05, 3.63) is 52.1 Å². The van der Waals surface area contributed by atoms with E-state index in [2.05, 4.69) is 5.32 Å². The Kier molecular flexibility index (Phi) is 6.54. The minimum absolute atomic E-state index is 0.0187. The lowest BCUT2D eigenvalue weighted by molar-refractivity contribution is -0.384. The number of nitrogens with zero attached hydrogens (tertiary/aromatic N) is 1. The van der Waals surface area contributed by atoms with Gasteiger partial charge in [0.15, 0.2) is 23.4 Å². The van der Waals surface area contributed by atoms with Gasteiger partial charge in [-0.1, -0.05) is 0 Å². The van der Waals surface area contributed by atoms with E-state index in [9.17, 15) is 19.7 Å². The van der Waals surface area contributed by atoms with E-state index in [0.29, 0.717) is 17.1 Å². The summed E-state index contributed by atoms with van der Waals surface area (Å²) in [4.78, 5) is 34.5. The fraction of sp³-hybridized carbons (Fsp3) is 0.263. The summed E-state index contributed by atoms with van der Waals surface area (Å²) in [5.41, 5.74) is 0.156. The topological polar surface area (TPSA) is 117 Å². The maximum Gasteiger partial charge on any atom is 0.296 e. The normalized spacial score (nSPS) is 11.3. The van der Waals surface area contributed by atoms with Crippen LogP contribution in [-0.2, 0) is 4.79 Å². The van der Waals surface area contributed by atoms with E-state index in [-0.39, 0.29) is 22.9 Å². The van der Waals surface area contributed by atoms with Crippen LogP contribution in [0.1, 0.15) is 24.2 Å². The van der Waals surface area contributed by atoms with Crippen molar-refractivity contribution in [1.29, 1.82) is 0 Å². The molecule has 9 nitrogen and oxygen atoms in total. The van der Waals surface area contributed by atoms with E-state index >= 15 is 0 Å². The summed E-state index contributed by atoms with van der Waals surface area (Å²) >= 11 is 0. The molecule has 148 valence electrons. The molecule has 28 heavy (non-hydrogen) atoms. The number of amides is 1. The van der Waals surface area contributed by atoms with E-state index in [4.69, 9.17) is 14.2 Å². The molecule has 0 aliphatic carbocycles. The number of nitrogens with one attached hydrogen (secondary N) is 1. The molecular formula is C19H20N2O7. The number of carbonyl (C=O) groups excluding carboxylic acids is 2. The van der Waals surface area contributed by atoms with E-state index in [0.717, 1.165) is 0 Å². The molecule has 1 N–H and O–H groups in total. The smallest absolute Gasteiger partial charge is 0.296 e. The molecule has 0 saturated carbocycles. The number of ketones is 1. The molecule has 9 heteroatoms. The number of carbonyl (C=O) groups is 2. The van der Waals surface area contributed by atoms with Crippen LogP contribution in [0.2, 0.25) is 0 Å². The summed E-state index contributed by atoms with van der Waals surface area (Å²) in [7, 11) is 2.80. The van der Waals surface area contributed by atoms with E-state index < -0.39 is 16.9 Å². The third-order valence-electron chi connectivity index (χ3n) is 3.90. The monoisotopic (exact) mass is 388 g/mol. The lowest BCUT2D eigenvalue weighted by atomic mass is 10.1. The highest BCUT2D eigenvalue weighted by Crippen LogP contribution is 2.31. The van der Waals surface area contributed by atoms with Gasteiger partial charge in [-0.2, -0.15) is 0 Å². The van der Waals surface area contributed by atoms with Crippen LogP contribution in [0.25, 0.3) is 0 Å². The SMILES string of the molecule is COc1ccc(NC(=O)[C@@H](C)Oc2ccc(C(C)=O)cc2OC)c([N+](=O)[O-])c1. The van der Waals surface area contributed by atoms with Crippen LogP contribution < -0.4 is 19.5 Å². The zero-order valence-corrected chi connectivity index (χ0v) is 15.8. The summed E-state index contributed by atoms with van der Waals surface area (Å²) in [5, 5.41) is 13.7. The third-order valence-corrected chi connectivity index (χ3v) is 3.90. The minimum Gasteiger partial charge on any atom is -0.496 e. The number of ether oxygens (including phenoxy) is 3. The number of nitro groups is 1. The molecular weight excluding hydrogens is 368 g/mol. The maximum absolute atomic E-state index is 12.4. The molecule has 1 amide bonds. The van der Waals surface area contributed by atoms with Gasteiger partial charge in [-0.05, 0) is 44.2 Å². The number of rotatable bonds is 8. The summed E-state index contributed by atoms with van der Waals surface area (Å²) in [6, 6.07) is 8.68. The molecule has 0 aromatic heterocycles. The number of methoxy groups -OCH3 is 2. The van der Waals surface area contributed by atoms with Gasteiger partial charge in [0.25, 0.3) is 11.6 Å². The standard InChI is InChI=1S/C19H20N2O7/c1-11(22)13-5-8-17(18(9-13)27-4)28-12(2)19(23)20-15-7-6-14(26-3)10-16(15)21(24)25/h5-10,12H,1-4H3,(H,20,23)/t12-/m1/s1. The zero-order valence-electron chi connectivity index (χ0n) is 15.8. The Bertz CT molecular complexity index is 911. The van der Waals surface area contributed by atoms with Crippen molar-refractivity contribution in [2.45, 2.75) is 20.0 Å². The van der Waals surface area contributed by atoms with E-state index in [1.165, 1.54) is 58.4 Å². The van der Waals surface area contributed by atoms with Gasteiger partial charge in [-0.25, -0.2) is 0 Å². The van der Waals surface area contributed by atoms with Crippen LogP contribution in [0.15, 0.2) is 36.4 Å². The Morgan fingerprint density at radius 2 is 1.79 bits per heavy atom. The quantitative estimate of drug-likeness (QED) is 0.419. The Hall–Kier alpha value is -3.62. The van der Waals surface area contributed by atoms with Crippen molar-refractivity contribution in [2.75, 3.05) is 19.5 Å². The molecule has 0 heterocycles. The molecule has 2 aromatic carbocycles. The van der Waals surface area contributed by atoms with Crippen molar-refractivity contribution in [3.8, 4) is 17.2 Å². The van der Waals surface area contributed by atoms with Crippen LogP contribution >= 0.6 is 0 Å². The van der Waals surface area contributed by atoms with Crippen molar-refractivity contribution >= 4 is 23.1 Å². The second-order valence-electron chi connectivity index (χ2n) is 5.81. The average molecular weight is 388 g/mol. The highest BCUT2D eigenvalue weighted by Gasteiger charge is 2.22. The van der Waals surface area contributed by atoms with Crippen molar-refractivity contribution < 1.29 is 28.7 Å². The lowest BCUT2D eigenvalue weighted by Gasteiger charge is -2.17. The maximum atomic E-state index is 12.4. The molecule has 0 aliphatic rings. The van der Waals surface area contributed by atoms with Crippen LogP contribution in [0.5, 0.6) is 17.2 Å². The second-order valence-corrected chi connectivity index (χ2v) is 5.81. The Morgan fingerprint density at radius 3 is 2.36 bits per heavy atom. The minimum atomic E-state index is -0.987. The summed E-state index contributed by atoms with van der Waals surface area (Å²) in [5.74, 6) is 0.125. The number of benzene rings is 2. The average Bonchev–Trinajstić information content (AvgIpc) is 2.67. The van der Waals surface area contributed by atoms with Gasteiger partial charge in [0.2, 0.25) is 0 Å². The lowest BCUT2D eigenvalue weighted by Crippen LogP contribution is -2.30. The van der Waals surface area contributed by atoms with Crippen molar-refractivity contribution in [1.82, 2.24) is 0 Å². The van der Waals surface area contributed by atoms with Gasteiger partial charge in [0.1, 0.15) is 11.4 Å². The Labute approximate surface area is 161 Å². The van der Waals surface area contributed by atoms with Gasteiger partial charge in [-0.3, -0.25) is 19.7 Å². The molecule has 1 atom stereocenters. The van der Waals surface area contributed by atoms with Gasteiger partial charge in [-0.15, -0.1) is 0 Å². The highest BCUT2D eigenvalue weighted by molar-refractivity contribution is 5.96. The molecule has 0 fully saturated rings. The second kappa shape index (κ2) is 8.85. The number of hydrogen-bond donors (Lipinski definition) is 1. The first-order valence-corrected chi connectivity index (χ1v) is 8.25. The van der Waals surface area contributed by atoms with Gasteiger partial charge in [0.05, 0.1) is 25.2 Å². The molecule has 0 spiro atoms. The van der Waals surface area contributed by atoms with Crippen LogP contribution in [0, 0.1) is 10.1 Å². The zero-order chi connectivity index (χ0) is 20.8. The first-order valence-electron chi connectivity index (χ1n) is 8.25. The van der Waals surface area contributed by atoms with Gasteiger partial charge in [0, 0.05) is 5.56 Å².